The molecule has 3 aromatic rings. The summed E-state index contributed by atoms with van der Waals surface area (Å²) in [6.45, 7) is 1.23. The van der Waals surface area contributed by atoms with Crippen LogP contribution in [0.5, 0.6) is 0 Å². The molecule has 5 rings (SSSR count). The molecule has 0 aliphatic heterocycles. The topological polar surface area (TPSA) is 72.7 Å². The molecule has 6 nitrogen and oxygen atoms in total. The minimum Gasteiger partial charge on any atom is -0.354 e. The standard InChI is InChI=1S/C20H21N5OS/c26-19(15-11-20(15)4-2-5-20)23-8-9-25-18(17-3-1-10-27-17)14(12-24-25)16-13-21-6-7-22-16/h1,3,6-7,10,12-13,15H,2,4-5,8-9,11H2,(H,23,26)/t15-/m0/s1. The number of carbonyl (C=O) groups excluding carboxylic acids is 1. The summed E-state index contributed by atoms with van der Waals surface area (Å²) in [5.41, 5.74) is 3.17. The molecule has 1 amide bonds. The first-order chi connectivity index (χ1) is 13.3. The minimum absolute atomic E-state index is 0.216. The number of thiophene rings is 1. The fourth-order valence-corrected chi connectivity index (χ4v) is 4.95. The molecule has 2 fully saturated rings. The molecular weight excluding hydrogens is 358 g/mol. The smallest absolute Gasteiger partial charge is 0.223 e. The molecule has 0 saturated heterocycles. The van der Waals surface area contributed by atoms with Gasteiger partial charge in [-0.15, -0.1) is 11.3 Å². The number of aromatic nitrogens is 4. The summed E-state index contributed by atoms with van der Waals surface area (Å²) in [5.74, 6) is 0.462. The van der Waals surface area contributed by atoms with E-state index in [1.54, 1.807) is 29.9 Å². The summed E-state index contributed by atoms with van der Waals surface area (Å²) >= 11 is 1.67. The molecule has 27 heavy (non-hydrogen) atoms. The van der Waals surface area contributed by atoms with Gasteiger partial charge in [0, 0.05) is 30.4 Å². The van der Waals surface area contributed by atoms with E-state index in [1.165, 1.54) is 19.3 Å². The Morgan fingerprint density at radius 3 is 2.93 bits per heavy atom. The van der Waals surface area contributed by atoms with Gasteiger partial charge in [0.05, 0.1) is 35.2 Å². The van der Waals surface area contributed by atoms with Crippen LogP contribution in [0.3, 0.4) is 0 Å². The van der Waals surface area contributed by atoms with E-state index < -0.39 is 0 Å². The van der Waals surface area contributed by atoms with E-state index in [9.17, 15) is 4.79 Å². The van der Waals surface area contributed by atoms with Gasteiger partial charge in [-0.3, -0.25) is 19.4 Å². The molecule has 0 bridgehead atoms. The van der Waals surface area contributed by atoms with E-state index >= 15 is 0 Å². The molecule has 2 saturated carbocycles. The summed E-state index contributed by atoms with van der Waals surface area (Å²) in [7, 11) is 0. The van der Waals surface area contributed by atoms with E-state index in [1.807, 2.05) is 16.9 Å². The fourth-order valence-electron chi connectivity index (χ4n) is 4.16. The lowest BCUT2D eigenvalue weighted by Gasteiger charge is -2.26. The van der Waals surface area contributed by atoms with Crippen molar-refractivity contribution < 1.29 is 4.79 Å². The number of rotatable bonds is 6. The Kier molecular flexibility index (Phi) is 4.04. The van der Waals surface area contributed by atoms with Crippen LogP contribution >= 0.6 is 11.3 Å². The third-order valence-corrected chi connectivity index (χ3v) is 6.79. The molecule has 7 heteroatoms. The molecule has 0 aromatic carbocycles. The van der Waals surface area contributed by atoms with Gasteiger partial charge in [0.2, 0.25) is 5.91 Å². The predicted molar refractivity (Wildman–Crippen MR) is 104 cm³/mol. The molecule has 2 aliphatic carbocycles. The van der Waals surface area contributed by atoms with E-state index in [-0.39, 0.29) is 11.8 Å². The molecule has 0 radical (unpaired) electrons. The highest BCUT2D eigenvalue weighted by atomic mass is 32.1. The minimum atomic E-state index is 0.216. The van der Waals surface area contributed by atoms with Crippen molar-refractivity contribution in [1.82, 2.24) is 25.1 Å². The number of amides is 1. The van der Waals surface area contributed by atoms with E-state index in [4.69, 9.17) is 0 Å². The average Bonchev–Trinajstić information content (AvgIpc) is 3.00. The van der Waals surface area contributed by atoms with Crippen molar-refractivity contribution in [2.75, 3.05) is 6.54 Å². The number of nitrogens with zero attached hydrogens (tertiary/aromatic N) is 4. The van der Waals surface area contributed by atoms with E-state index in [0.29, 0.717) is 18.5 Å². The molecule has 1 spiro atoms. The normalized spacial score (nSPS) is 19.6. The maximum absolute atomic E-state index is 12.4. The summed E-state index contributed by atoms with van der Waals surface area (Å²) in [6.07, 6.45) is 11.8. The van der Waals surface area contributed by atoms with Gasteiger partial charge in [0.25, 0.3) is 0 Å². The predicted octanol–water partition coefficient (Wildman–Crippen LogP) is 3.38. The monoisotopic (exact) mass is 379 g/mol. The van der Waals surface area contributed by atoms with Gasteiger partial charge in [0.15, 0.2) is 0 Å². The summed E-state index contributed by atoms with van der Waals surface area (Å²) < 4.78 is 1.96. The zero-order chi connectivity index (χ0) is 18.3. The molecule has 138 valence electrons. The molecule has 1 N–H and O–H groups in total. The molecule has 3 aromatic heterocycles. The highest BCUT2D eigenvalue weighted by Crippen LogP contribution is 2.65. The first-order valence-corrected chi connectivity index (χ1v) is 10.3. The zero-order valence-electron chi connectivity index (χ0n) is 15.0. The molecule has 2 aliphatic rings. The fraction of sp³-hybridized carbons (Fsp3) is 0.400. The highest BCUT2D eigenvalue weighted by Gasteiger charge is 2.60. The van der Waals surface area contributed by atoms with Gasteiger partial charge in [-0.05, 0) is 36.1 Å². The Labute approximate surface area is 161 Å². The number of hydrogen-bond acceptors (Lipinski definition) is 5. The Morgan fingerprint density at radius 1 is 1.33 bits per heavy atom. The van der Waals surface area contributed by atoms with Crippen molar-refractivity contribution >= 4 is 17.2 Å². The second kappa shape index (κ2) is 6.56. The lowest BCUT2D eigenvalue weighted by molar-refractivity contribution is -0.123. The third-order valence-electron chi connectivity index (χ3n) is 5.91. The van der Waals surface area contributed by atoms with Crippen LogP contribution < -0.4 is 5.32 Å². The molecular formula is C20H21N5OS. The van der Waals surface area contributed by atoms with Crippen LogP contribution in [0.25, 0.3) is 21.8 Å². The van der Waals surface area contributed by atoms with Crippen LogP contribution in [0.2, 0.25) is 0 Å². The van der Waals surface area contributed by atoms with Gasteiger partial charge >= 0.3 is 0 Å². The van der Waals surface area contributed by atoms with Crippen LogP contribution in [-0.2, 0) is 11.3 Å². The Bertz CT molecular complexity index is 946. The van der Waals surface area contributed by atoms with E-state index in [0.717, 1.165) is 28.2 Å². The van der Waals surface area contributed by atoms with Gasteiger partial charge < -0.3 is 5.32 Å². The second-order valence-corrected chi connectivity index (χ2v) is 8.41. The van der Waals surface area contributed by atoms with Crippen LogP contribution in [0.1, 0.15) is 25.7 Å². The van der Waals surface area contributed by atoms with Crippen molar-refractivity contribution in [3.8, 4) is 21.8 Å². The average molecular weight is 379 g/mol. The van der Waals surface area contributed by atoms with Gasteiger partial charge in [-0.25, -0.2) is 0 Å². The quantitative estimate of drug-likeness (QED) is 0.713. The van der Waals surface area contributed by atoms with Crippen molar-refractivity contribution in [3.05, 3.63) is 42.3 Å². The lowest BCUT2D eigenvalue weighted by atomic mass is 9.80. The Balaban J connectivity index is 1.32. The lowest BCUT2D eigenvalue weighted by Crippen LogP contribution is -2.32. The first-order valence-electron chi connectivity index (χ1n) is 9.41. The summed E-state index contributed by atoms with van der Waals surface area (Å²) in [6, 6.07) is 4.12. The molecule has 3 heterocycles. The van der Waals surface area contributed by atoms with Crippen molar-refractivity contribution in [2.24, 2.45) is 11.3 Å². The van der Waals surface area contributed by atoms with Crippen LogP contribution in [0.15, 0.2) is 42.3 Å². The summed E-state index contributed by atoms with van der Waals surface area (Å²) in [5, 5.41) is 9.74. The van der Waals surface area contributed by atoms with Crippen molar-refractivity contribution in [3.63, 3.8) is 0 Å². The number of nitrogens with one attached hydrogen (secondary N) is 1. The van der Waals surface area contributed by atoms with Gasteiger partial charge in [-0.1, -0.05) is 12.5 Å². The molecule has 0 unspecified atom stereocenters. The van der Waals surface area contributed by atoms with Crippen molar-refractivity contribution in [1.29, 1.82) is 0 Å². The largest absolute Gasteiger partial charge is 0.354 e. The van der Waals surface area contributed by atoms with Crippen LogP contribution in [0.4, 0.5) is 0 Å². The third kappa shape index (κ3) is 2.96. The maximum atomic E-state index is 12.4. The number of carbonyl (C=O) groups is 1. The van der Waals surface area contributed by atoms with Crippen LogP contribution in [-0.4, -0.2) is 32.2 Å². The number of hydrogen-bond donors (Lipinski definition) is 1. The van der Waals surface area contributed by atoms with Crippen LogP contribution in [0, 0.1) is 11.3 Å². The summed E-state index contributed by atoms with van der Waals surface area (Å²) in [4.78, 5) is 22.1. The highest BCUT2D eigenvalue weighted by molar-refractivity contribution is 7.13. The zero-order valence-corrected chi connectivity index (χ0v) is 15.8. The Hall–Kier alpha value is -2.54. The first kappa shape index (κ1) is 16.6. The second-order valence-electron chi connectivity index (χ2n) is 7.46. The van der Waals surface area contributed by atoms with Crippen molar-refractivity contribution in [2.45, 2.75) is 32.2 Å². The van der Waals surface area contributed by atoms with Gasteiger partial charge in [0.1, 0.15) is 0 Å². The maximum Gasteiger partial charge on any atom is 0.223 e. The Morgan fingerprint density at radius 2 is 2.26 bits per heavy atom. The SMILES string of the molecule is O=C(NCCn1ncc(-c2cnccn2)c1-c1cccs1)[C@@H]1CC12CCC2. The molecule has 1 atom stereocenters. The van der Waals surface area contributed by atoms with Gasteiger partial charge in [-0.2, -0.15) is 5.10 Å². The van der Waals surface area contributed by atoms with E-state index in [2.05, 4.69) is 31.8 Å².